The summed E-state index contributed by atoms with van der Waals surface area (Å²) in [4.78, 5) is 14.5. The van der Waals surface area contributed by atoms with E-state index in [0.29, 0.717) is 12.3 Å². The number of halogens is 1. The molecule has 1 N–H and O–H groups in total. The lowest BCUT2D eigenvalue weighted by Crippen LogP contribution is -2.05. The summed E-state index contributed by atoms with van der Waals surface area (Å²) in [6.07, 6.45) is 3.19. The second kappa shape index (κ2) is 6.31. The number of hydrogen-bond donors (Lipinski definition) is 1. The van der Waals surface area contributed by atoms with Crippen LogP contribution in [0.5, 0.6) is 11.5 Å². The second-order valence-corrected chi connectivity index (χ2v) is 4.47. The van der Waals surface area contributed by atoms with Crippen molar-refractivity contribution in [2.24, 2.45) is 0 Å². The molecule has 0 bridgehead atoms. The van der Waals surface area contributed by atoms with Crippen LogP contribution in [0, 0.1) is 10.1 Å². The van der Waals surface area contributed by atoms with Crippen LogP contribution in [0.15, 0.2) is 36.7 Å². The van der Waals surface area contributed by atoms with E-state index >= 15 is 0 Å². The number of benzene rings is 1. The number of rotatable bonds is 5. The maximum absolute atomic E-state index is 11.0. The van der Waals surface area contributed by atoms with Gasteiger partial charge in [-0.05, 0) is 30.8 Å². The molecule has 2 aromatic rings. The SMILES string of the molecule is CNCc1cncc(Oc2ccc(Cl)cc2[N+](=O)[O-])c1. The lowest BCUT2D eigenvalue weighted by atomic mass is 10.2. The Balaban J connectivity index is 2.30. The van der Waals surface area contributed by atoms with Crippen LogP contribution in [0.4, 0.5) is 5.69 Å². The number of hydrogen-bond acceptors (Lipinski definition) is 5. The lowest BCUT2D eigenvalue weighted by molar-refractivity contribution is -0.385. The zero-order valence-electron chi connectivity index (χ0n) is 10.7. The van der Waals surface area contributed by atoms with Gasteiger partial charge in [0.1, 0.15) is 5.75 Å². The van der Waals surface area contributed by atoms with Gasteiger partial charge in [-0.2, -0.15) is 0 Å². The third-order valence-corrected chi connectivity index (χ3v) is 2.73. The maximum Gasteiger partial charge on any atom is 0.313 e. The summed E-state index contributed by atoms with van der Waals surface area (Å²) in [5, 5.41) is 14.2. The normalized spacial score (nSPS) is 10.3. The van der Waals surface area contributed by atoms with Crippen LogP contribution in [-0.4, -0.2) is 17.0 Å². The number of ether oxygens (including phenoxy) is 1. The average Bonchev–Trinajstić information content (AvgIpc) is 2.41. The summed E-state index contributed by atoms with van der Waals surface area (Å²) in [7, 11) is 1.82. The molecule has 7 heteroatoms. The molecule has 0 atom stereocenters. The van der Waals surface area contributed by atoms with E-state index in [1.165, 1.54) is 24.4 Å². The van der Waals surface area contributed by atoms with Crippen LogP contribution in [-0.2, 0) is 6.54 Å². The number of nitrogens with zero attached hydrogens (tertiary/aromatic N) is 2. The highest BCUT2D eigenvalue weighted by atomic mass is 35.5. The van der Waals surface area contributed by atoms with E-state index < -0.39 is 4.92 Å². The maximum atomic E-state index is 11.0. The second-order valence-electron chi connectivity index (χ2n) is 4.03. The molecule has 6 nitrogen and oxygen atoms in total. The highest BCUT2D eigenvalue weighted by Gasteiger charge is 2.16. The van der Waals surface area contributed by atoms with Gasteiger partial charge >= 0.3 is 5.69 Å². The predicted octanol–water partition coefficient (Wildman–Crippen LogP) is 3.15. The van der Waals surface area contributed by atoms with Crippen LogP contribution in [0.1, 0.15) is 5.56 Å². The first kappa shape index (κ1) is 14.2. The van der Waals surface area contributed by atoms with E-state index in [1.807, 2.05) is 7.05 Å². The summed E-state index contributed by atoms with van der Waals surface area (Å²) in [5.41, 5.74) is 0.734. The Bertz CT molecular complexity index is 634. The quantitative estimate of drug-likeness (QED) is 0.677. The summed E-state index contributed by atoms with van der Waals surface area (Å²) in [6, 6.07) is 6.02. The Hall–Kier alpha value is -2.18. The Morgan fingerprint density at radius 3 is 2.90 bits per heavy atom. The minimum absolute atomic E-state index is 0.128. The van der Waals surface area contributed by atoms with Crippen molar-refractivity contribution >= 4 is 17.3 Å². The first-order valence-electron chi connectivity index (χ1n) is 5.80. The highest BCUT2D eigenvalue weighted by molar-refractivity contribution is 6.30. The molecule has 2 rings (SSSR count). The van der Waals surface area contributed by atoms with Crippen molar-refractivity contribution in [1.29, 1.82) is 0 Å². The first-order valence-corrected chi connectivity index (χ1v) is 6.18. The number of nitro groups is 1. The topological polar surface area (TPSA) is 77.3 Å². The fourth-order valence-corrected chi connectivity index (χ4v) is 1.83. The molecule has 1 aromatic carbocycles. The molecule has 104 valence electrons. The van der Waals surface area contributed by atoms with Crippen molar-refractivity contribution < 1.29 is 9.66 Å². The molecule has 1 heterocycles. The molecule has 0 unspecified atom stereocenters. The molecule has 20 heavy (non-hydrogen) atoms. The van der Waals surface area contributed by atoms with Crippen LogP contribution in [0.3, 0.4) is 0 Å². The van der Waals surface area contributed by atoms with Gasteiger partial charge in [0.15, 0.2) is 0 Å². The Kier molecular flexibility index (Phi) is 4.49. The van der Waals surface area contributed by atoms with Gasteiger partial charge < -0.3 is 10.1 Å². The molecule has 0 amide bonds. The van der Waals surface area contributed by atoms with Crippen molar-refractivity contribution in [2.45, 2.75) is 6.54 Å². The smallest absolute Gasteiger partial charge is 0.313 e. The minimum atomic E-state index is -0.536. The van der Waals surface area contributed by atoms with Gasteiger partial charge in [0.05, 0.1) is 11.1 Å². The van der Waals surface area contributed by atoms with Gasteiger partial charge in [-0.3, -0.25) is 15.1 Å². The van der Waals surface area contributed by atoms with Crippen molar-refractivity contribution in [2.75, 3.05) is 7.05 Å². The van der Waals surface area contributed by atoms with Crippen molar-refractivity contribution in [3.63, 3.8) is 0 Å². The molecule has 0 spiro atoms. The van der Waals surface area contributed by atoms with Gasteiger partial charge in [0.25, 0.3) is 0 Å². The van der Waals surface area contributed by atoms with Gasteiger partial charge in [0, 0.05) is 23.8 Å². The number of nitro benzene ring substituents is 1. The van der Waals surface area contributed by atoms with Crippen LogP contribution >= 0.6 is 11.6 Å². The molecule has 0 saturated heterocycles. The summed E-state index contributed by atoms with van der Waals surface area (Å²) in [6.45, 7) is 0.632. The van der Waals surface area contributed by atoms with Gasteiger partial charge in [-0.15, -0.1) is 0 Å². The molecule has 0 radical (unpaired) electrons. The van der Waals surface area contributed by atoms with E-state index in [9.17, 15) is 10.1 Å². The fraction of sp³-hybridized carbons (Fsp3) is 0.154. The molecular formula is C13H12ClN3O3. The van der Waals surface area contributed by atoms with E-state index in [1.54, 1.807) is 12.3 Å². The Labute approximate surface area is 120 Å². The Morgan fingerprint density at radius 1 is 1.40 bits per heavy atom. The standard InChI is InChI=1S/C13H12ClN3O3/c1-15-6-9-4-11(8-16-7-9)20-13-3-2-10(14)5-12(13)17(18)19/h2-5,7-8,15H,6H2,1H3. The molecule has 1 aromatic heterocycles. The fourth-order valence-electron chi connectivity index (χ4n) is 1.67. The minimum Gasteiger partial charge on any atom is -0.448 e. The Morgan fingerprint density at radius 2 is 2.20 bits per heavy atom. The van der Waals surface area contributed by atoms with E-state index in [-0.39, 0.29) is 16.5 Å². The average molecular weight is 294 g/mol. The molecule has 0 fully saturated rings. The van der Waals surface area contributed by atoms with Crippen molar-refractivity contribution in [1.82, 2.24) is 10.3 Å². The van der Waals surface area contributed by atoms with E-state index in [2.05, 4.69) is 10.3 Å². The molecule has 0 saturated carbocycles. The van der Waals surface area contributed by atoms with E-state index in [0.717, 1.165) is 5.56 Å². The van der Waals surface area contributed by atoms with Crippen LogP contribution in [0.2, 0.25) is 5.02 Å². The van der Waals surface area contributed by atoms with Gasteiger partial charge in [-0.25, -0.2) is 0 Å². The van der Waals surface area contributed by atoms with Crippen molar-refractivity contribution in [3.8, 4) is 11.5 Å². The summed E-state index contributed by atoms with van der Waals surface area (Å²) < 4.78 is 5.52. The largest absolute Gasteiger partial charge is 0.448 e. The first-order chi connectivity index (χ1) is 9.60. The molecule has 0 aliphatic carbocycles. The predicted molar refractivity (Wildman–Crippen MR) is 75.2 cm³/mol. The van der Waals surface area contributed by atoms with Crippen LogP contribution < -0.4 is 10.1 Å². The van der Waals surface area contributed by atoms with Gasteiger partial charge in [0.2, 0.25) is 5.75 Å². The lowest BCUT2D eigenvalue weighted by Gasteiger charge is -2.07. The highest BCUT2D eigenvalue weighted by Crippen LogP contribution is 2.33. The van der Waals surface area contributed by atoms with Crippen molar-refractivity contribution in [3.05, 3.63) is 57.4 Å². The summed E-state index contributed by atoms with van der Waals surface area (Å²) in [5.74, 6) is 0.561. The number of aromatic nitrogens is 1. The number of pyridine rings is 1. The van der Waals surface area contributed by atoms with E-state index in [4.69, 9.17) is 16.3 Å². The third-order valence-electron chi connectivity index (χ3n) is 2.50. The van der Waals surface area contributed by atoms with Crippen LogP contribution in [0.25, 0.3) is 0 Å². The zero-order valence-corrected chi connectivity index (χ0v) is 11.4. The summed E-state index contributed by atoms with van der Waals surface area (Å²) >= 11 is 5.75. The third kappa shape index (κ3) is 3.43. The molecule has 0 aliphatic rings. The monoisotopic (exact) mass is 293 g/mol. The zero-order chi connectivity index (χ0) is 14.5. The number of nitrogens with one attached hydrogen (secondary N) is 1. The molecule has 0 aliphatic heterocycles. The molecular weight excluding hydrogens is 282 g/mol. The van der Waals surface area contributed by atoms with Gasteiger partial charge in [-0.1, -0.05) is 11.6 Å².